The molecule has 0 fully saturated rings. The molecule has 1 aromatic rings. The predicted molar refractivity (Wildman–Crippen MR) is 68.7 cm³/mol. The molecule has 0 saturated heterocycles. The number of hydrogen-bond donors (Lipinski definition) is 2. The normalized spacial score (nSPS) is 14.5. The van der Waals surface area contributed by atoms with Crippen LogP contribution >= 0.6 is 0 Å². The highest BCUT2D eigenvalue weighted by molar-refractivity contribution is 5.94. The van der Waals surface area contributed by atoms with Gasteiger partial charge in [-0.2, -0.15) is 0 Å². The lowest BCUT2D eigenvalue weighted by molar-refractivity contribution is 0.0877. The zero-order chi connectivity index (χ0) is 13.1. The molecule has 94 valence electrons. The number of hydrogen-bond acceptors (Lipinski definition) is 3. The molecule has 4 nitrogen and oxygen atoms in total. The number of nitrogens with zero attached hydrogens (tertiary/aromatic N) is 1. The van der Waals surface area contributed by atoms with Crippen LogP contribution in [0.2, 0.25) is 0 Å². The van der Waals surface area contributed by atoms with Crippen LogP contribution in [0.15, 0.2) is 18.3 Å². The second-order valence-corrected chi connectivity index (χ2v) is 4.90. The molecule has 0 radical (unpaired) electrons. The van der Waals surface area contributed by atoms with E-state index >= 15 is 0 Å². The van der Waals surface area contributed by atoms with Crippen LogP contribution < -0.4 is 11.1 Å². The van der Waals surface area contributed by atoms with Crippen LogP contribution in [0, 0.1) is 12.8 Å². The Bertz CT molecular complexity index is 403. The Morgan fingerprint density at radius 2 is 2.24 bits per heavy atom. The molecule has 4 heteroatoms. The first-order valence-electron chi connectivity index (χ1n) is 5.85. The highest BCUT2D eigenvalue weighted by atomic mass is 16.2. The average Bonchev–Trinajstić information content (AvgIpc) is 2.29. The summed E-state index contributed by atoms with van der Waals surface area (Å²) in [5.41, 5.74) is 6.67. The molecular formula is C13H21N3O. The fraction of sp³-hybridized carbons (Fsp3) is 0.538. The highest BCUT2D eigenvalue weighted by Gasteiger charge is 2.29. The molecule has 0 aromatic carbocycles. The third-order valence-corrected chi connectivity index (χ3v) is 3.32. The van der Waals surface area contributed by atoms with Gasteiger partial charge in [-0.1, -0.05) is 19.9 Å². The summed E-state index contributed by atoms with van der Waals surface area (Å²) in [4.78, 5) is 16.2. The van der Waals surface area contributed by atoms with Gasteiger partial charge in [0.15, 0.2) is 0 Å². The number of nitrogens with two attached hydrogens (primary N) is 1. The first kappa shape index (κ1) is 13.6. The third kappa shape index (κ3) is 3.03. The summed E-state index contributed by atoms with van der Waals surface area (Å²) in [6.07, 6.45) is 1.62. The van der Waals surface area contributed by atoms with E-state index in [0.29, 0.717) is 12.2 Å². The van der Waals surface area contributed by atoms with E-state index in [1.165, 1.54) is 0 Å². The minimum atomic E-state index is -0.402. The number of amides is 1. The summed E-state index contributed by atoms with van der Waals surface area (Å²) in [7, 11) is 0. The largest absolute Gasteiger partial charge is 0.344 e. The van der Waals surface area contributed by atoms with E-state index in [4.69, 9.17) is 5.73 Å². The topological polar surface area (TPSA) is 68.0 Å². The summed E-state index contributed by atoms with van der Waals surface area (Å²) in [5, 5.41) is 2.97. The number of carbonyl (C=O) groups excluding carboxylic acids is 1. The Morgan fingerprint density at radius 1 is 1.59 bits per heavy atom. The molecule has 1 aromatic heterocycles. The molecule has 0 aliphatic rings. The summed E-state index contributed by atoms with van der Waals surface area (Å²) in [6, 6.07) is 3.69. The van der Waals surface area contributed by atoms with Crippen molar-refractivity contribution in [1.29, 1.82) is 0 Å². The SMILES string of the molecule is Cc1cccnc1C(=O)NC(C)(CN)C(C)C. The van der Waals surface area contributed by atoms with Crippen molar-refractivity contribution in [2.45, 2.75) is 33.2 Å². The van der Waals surface area contributed by atoms with Crippen molar-refractivity contribution in [3.63, 3.8) is 0 Å². The molecule has 1 rings (SSSR count). The molecule has 0 aliphatic heterocycles. The van der Waals surface area contributed by atoms with E-state index in [1.54, 1.807) is 6.20 Å². The smallest absolute Gasteiger partial charge is 0.270 e. The summed E-state index contributed by atoms with van der Waals surface area (Å²) >= 11 is 0. The maximum Gasteiger partial charge on any atom is 0.270 e. The van der Waals surface area contributed by atoms with E-state index in [9.17, 15) is 4.79 Å². The van der Waals surface area contributed by atoms with Gasteiger partial charge in [0.1, 0.15) is 5.69 Å². The van der Waals surface area contributed by atoms with Crippen molar-refractivity contribution in [2.75, 3.05) is 6.54 Å². The standard InChI is InChI=1S/C13H21N3O/c1-9(2)13(4,8-14)16-12(17)11-10(3)6-5-7-15-11/h5-7,9H,8,14H2,1-4H3,(H,16,17). The lowest BCUT2D eigenvalue weighted by Crippen LogP contribution is -2.55. The Morgan fingerprint density at radius 3 is 2.71 bits per heavy atom. The summed E-state index contributed by atoms with van der Waals surface area (Å²) in [6.45, 7) is 8.31. The van der Waals surface area contributed by atoms with Crippen LogP contribution in [-0.2, 0) is 0 Å². The fourth-order valence-electron chi connectivity index (χ4n) is 1.47. The average molecular weight is 235 g/mol. The second kappa shape index (κ2) is 5.27. The molecule has 0 aliphatic carbocycles. The number of carbonyl (C=O) groups is 1. The number of aromatic nitrogens is 1. The maximum absolute atomic E-state index is 12.1. The zero-order valence-electron chi connectivity index (χ0n) is 10.9. The van der Waals surface area contributed by atoms with Crippen LogP contribution in [0.3, 0.4) is 0 Å². The van der Waals surface area contributed by atoms with Crippen LogP contribution in [0.4, 0.5) is 0 Å². The van der Waals surface area contributed by atoms with Gasteiger partial charge < -0.3 is 11.1 Å². The predicted octanol–water partition coefficient (Wildman–Crippen LogP) is 1.49. The van der Waals surface area contributed by atoms with E-state index in [1.807, 2.05) is 39.8 Å². The van der Waals surface area contributed by atoms with Gasteiger partial charge in [-0.3, -0.25) is 9.78 Å². The monoisotopic (exact) mass is 235 g/mol. The van der Waals surface area contributed by atoms with Crippen molar-refractivity contribution in [3.8, 4) is 0 Å². The van der Waals surface area contributed by atoms with Crippen molar-refractivity contribution in [3.05, 3.63) is 29.6 Å². The van der Waals surface area contributed by atoms with E-state index < -0.39 is 5.54 Å². The number of aryl methyl sites for hydroxylation is 1. The Labute approximate surface area is 103 Å². The van der Waals surface area contributed by atoms with Crippen molar-refractivity contribution in [2.24, 2.45) is 11.7 Å². The van der Waals surface area contributed by atoms with E-state index in [0.717, 1.165) is 5.56 Å². The minimum Gasteiger partial charge on any atom is -0.344 e. The molecule has 17 heavy (non-hydrogen) atoms. The van der Waals surface area contributed by atoms with E-state index in [2.05, 4.69) is 10.3 Å². The summed E-state index contributed by atoms with van der Waals surface area (Å²) < 4.78 is 0. The molecule has 1 atom stereocenters. The third-order valence-electron chi connectivity index (χ3n) is 3.32. The molecule has 3 N–H and O–H groups in total. The van der Waals surface area contributed by atoms with Gasteiger partial charge in [-0.15, -0.1) is 0 Å². The number of pyridine rings is 1. The molecular weight excluding hydrogens is 214 g/mol. The first-order valence-corrected chi connectivity index (χ1v) is 5.85. The van der Waals surface area contributed by atoms with Crippen LogP contribution in [-0.4, -0.2) is 23.0 Å². The van der Waals surface area contributed by atoms with Crippen molar-refractivity contribution < 1.29 is 4.79 Å². The van der Waals surface area contributed by atoms with Gasteiger partial charge >= 0.3 is 0 Å². The van der Waals surface area contributed by atoms with Gasteiger partial charge in [0.2, 0.25) is 0 Å². The molecule has 0 saturated carbocycles. The van der Waals surface area contributed by atoms with Gasteiger partial charge in [0, 0.05) is 12.7 Å². The molecule has 1 unspecified atom stereocenters. The number of nitrogens with one attached hydrogen (secondary N) is 1. The lowest BCUT2D eigenvalue weighted by atomic mass is 9.88. The first-order chi connectivity index (χ1) is 7.90. The van der Waals surface area contributed by atoms with Crippen molar-refractivity contribution >= 4 is 5.91 Å². The molecule has 0 spiro atoms. The van der Waals surface area contributed by atoms with Crippen LogP contribution in [0.5, 0.6) is 0 Å². The molecule has 1 amide bonds. The van der Waals surface area contributed by atoms with Gasteiger partial charge in [-0.25, -0.2) is 0 Å². The summed E-state index contributed by atoms with van der Waals surface area (Å²) in [5.74, 6) is 0.102. The van der Waals surface area contributed by atoms with Gasteiger partial charge in [0.05, 0.1) is 5.54 Å². The Hall–Kier alpha value is -1.42. The lowest BCUT2D eigenvalue weighted by Gasteiger charge is -2.33. The fourth-order valence-corrected chi connectivity index (χ4v) is 1.47. The van der Waals surface area contributed by atoms with Gasteiger partial charge in [-0.05, 0) is 31.4 Å². The Kier molecular flexibility index (Phi) is 4.23. The molecule has 0 bridgehead atoms. The Balaban J connectivity index is 2.90. The van der Waals surface area contributed by atoms with E-state index in [-0.39, 0.29) is 11.8 Å². The molecule has 1 heterocycles. The quantitative estimate of drug-likeness (QED) is 0.831. The maximum atomic E-state index is 12.1. The second-order valence-electron chi connectivity index (χ2n) is 4.90. The van der Waals surface area contributed by atoms with Gasteiger partial charge in [0.25, 0.3) is 5.91 Å². The zero-order valence-corrected chi connectivity index (χ0v) is 10.9. The highest BCUT2D eigenvalue weighted by Crippen LogP contribution is 2.16. The minimum absolute atomic E-state index is 0.162. The van der Waals surface area contributed by atoms with Crippen molar-refractivity contribution in [1.82, 2.24) is 10.3 Å². The number of rotatable bonds is 4. The van der Waals surface area contributed by atoms with Crippen LogP contribution in [0.25, 0.3) is 0 Å². The van der Waals surface area contributed by atoms with Crippen LogP contribution in [0.1, 0.15) is 36.8 Å².